The van der Waals surface area contributed by atoms with Gasteiger partial charge in [0.25, 0.3) is 0 Å². The zero-order valence-corrected chi connectivity index (χ0v) is 6.09. The van der Waals surface area contributed by atoms with Crippen LogP contribution in [0.4, 0.5) is 5.69 Å². The molecule has 1 radical (unpaired) electrons. The van der Waals surface area contributed by atoms with Crippen LogP contribution < -0.4 is 10.5 Å². The van der Waals surface area contributed by atoms with E-state index in [9.17, 15) is 0 Å². The maximum atomic E-state index is 8.61. The number of benzene rings is 1. The van der Waals surface area contributed by atoms with Gasteiger partial charge in [-0.25, -0.2) is 0 Å². The van der Waals surface area contributed by atoms with Gasteiger partial charge in [-0.15, -0.1) is 0 Å². The van der Waals surface area contributed by atoms with Crippen LogP contribution in [0.3, 0.4) is 0 Å². The first-order valence-electron chi connectivity index (χ1n) is 3.03. The molecule has 1 aromatic carbocycles. The average molecular weight is 147 g/mol. The summed E-state index contributed by atoms with van der Waals surface area (Å²) in [5.74, 6) is 0.465. The summed E-state index contributed by atoms with van der Waals surface area (Å²) >= 11 is 0. The molecule has 1 rings (SSSR count). The molecule has 3 nitrogen and oxygen atoms in total. The number of nitrogens with zero attached hydrogens (tertiary/aromatic N) is 1. The van der Waals surface area contributed by atoms with Gasteiger partial charge >= 0.3 is 0 Å². The van der Waals surface area contributed by atoms with Crippen LogP contribution in [-0.4, -0.2) is 7.11 Å². The number of methoxy groups -OCH3 is 1. The lowest BCUT2D eigenvalue weighted by molar-refractivity contribution is 0.413. The summed E-state index contributed by atoms with van der Waals surface area (Å²) in [5.41, 5.74) is 6.24. The molecule has 0 aliphatic rings. The second-order valence-electron chi connectivity index (χ2n) is 1.97. The summed E-state index contributed by atoms with van der Waals surface area (Å²) in [6, 6.07) is 7.82. The minimum atomic E-state index is 0.367. The molecule has 11 heavy (non-hydrogen) atoms. The predicted molar refractivity (Wildman–Crippen MR) is 41.0 cm³/mol. The molecule has 0 amide bonds. The van der Waals surface area contributed by atoms with Crippen molar-refractivity contribution in [2.75, 3.05) is 12.8 Å². The van der Waals surface area contributed by atoms with Gasteiger partial charge in [0.1, 0.15) is 17.4 Å². The summed E-state index contributed by atoms with van der Waals surface area (Å²) in [5, 5.41) is 8.61. The zero-order chi connectivity index (χ0) is 8.27. The number of hydrogen-bond donors (Lipinski definition) is 1. The first kappa shape index (κ1) is 7.42. The SMILES string of the molecule is COc1c[c]cc(N)c1C#N. The van der Waals surface area contributed by atoms with Crippen molar-refractivity contribution in [2.45, 2.75) is 0 Å². The van der Waals surface area contributed by atoms with Crippen molar-refractivity contribution in [3.63, 3.8) is 0 Å². The number of rotatable bonds is 1. The monoisotopic (exact) mass is 147 g/mol. The van der Waals surface area contributed by atoms with E-state index < -0.39 is 0 Å². The van der Waals surface area contributed by atoms with E-state index in [0.29, 0.717) is 17.0 Å². The molecular formula is C8H7N2O. The van der Waals surface area contributed by atoms with E-state index in [1.54, 1.807) is 12.1 Å². The Morgan fingerprint density at radius 1 is 1.64 bits per heavy atom. The summed E-state index contributed by atoms with van der Waals surface area (Å²) in [7, 11) is 1.49. The summed E-state index contributed by atoms with van der Waals surface area (Å²) in [6.07, 6.45) is 0. The van der Waals surface area contributed by atoms with Crippen molar-refractivity contribution in [1.29, 1.82) is 5.26 Å². The second-order valence-corrected chi connectivity index (χ2v) is 1.97. The molecule has 0 bridgehead atoms. The Morgan fingerprint density at radius 2 is 2.36 bits per heavy atom. The van der Waals surface area contributed by atoms with Gasteiger partial charge in [-0.2, -0.15) is 5.26 Å². The zero-order valence-electron chi connectivity index (χ0n) is 6.09. The predicted octanol–water partition coefficient (Wildman–Crippen LogP) is 0.949. The highest BCUT2D eigenvalue weighted by Crippen LogP contribution is 2.21. The highest BCUT2D eigenvalue weighted by atomic mass is 16.5. The summed E-state index contributed by atoms with van der Waals surface area (Å²) in [4.78, 5) is 0. The van der Waals surface area contributed by atoms with Crippen LogP contribution in [0.25, 0.3) is 0 Å². The van der Waals surface area contributed by atoms with Crippen molar-refractivity contribution in [3.8, 4) is 11.8 Å². The highest BCUT2D eigenvalue weighted by Gasteiger charge is 2.03. The van der Waals surface area contributed by atoms with Gasteiger partial charge in [0.05, 0.1) is 12.8 Å². The third-order valence-electron chi connectivity index (χ3n) is 1.32. The number of nitrogens with two attached hydrogens (primary N) is 1. The molecule has 0 aromatic heterocycles. The minimum absolute atomic E-state index is 0.367. The van der Waals surface area contributed by atoms with Crippen LogP contribution in [0.1, 0.15) is 5.56 Å². The van der Waals surface area contributed by atoms with E-state index in [2.05, 4.69) is 6.07 Å². The van der Waals surface area contributed by atoms with Gasteiger partial charge in [0, 0.05) is 0 Å². The van der Waals surface area contributed by atoms with Crippen LogP contribution in [0.5, 0.6) is 5.75 Å². The maximum Gasteiger partial charge on any atom is 0.139 e. The van der Waals surface area contributed by atoms with Crippen molar-refractivity contribution in [3.05, 3.63) is 23.8 Å². The van der Waals surface area contributed by atoms with E-state index in [0.717, 1.165) is 0 Å². The van der Waals surface area contributed by atoms with Crippen LogP contribution in [0.2, 0.25) is 0 Å². The van der Waals surface area contributed by atoms with Gasteiger partial charge in [0.15, 0.2) is 0 Å². The van der Waals surface area contributed by atoms with Crippen LogP contribution >= 0.6 is 0 Å². The smallest absolute Gasteiger partial charge is 0.139 e. The quantitative estimate of drug-likeness (QED) is 0.601. The van der Waals surface area contributed by atoms with Crippen molar-refractivity contribution >= 4 is 5.69 Å². The molecule has 0 spiro atoms. The molecular weight excluding hydrogens is 140 g/mol. The van der Waals surface area contributed by atoms with E-state index in [4.69, 9.17) is 15.7 Å². The Morgan fingerprint density at radius 3 is 2.82 bits per heavy atom. The Labute approximate surface area is 65.0 Å². The van der Waals surface area contributed by atoms with E-state index >= 15 is 0 Å². The van der Waals surface area contributed by atoms with Crippen LogP contribution in [0, 0.1) is 17.4 Å². The molecule has 0 saturated carbocycles. The number of hydrogen-bond acceptors (Lipinski definition) is 3. The first-order chi connectivity index (χ1) is 5.29. The van der Waals surface area contributed by atoms with Gasteiger partial charge in [-0.1, -0.05) is 0 Å². The molecule has 2 N–H and O–H groups in total. The molecule has 0 aliphatic heterocycles. The Hall–Kier alpha value is -1.69. The number of nitrogen functional groups attached to an aromatic ring is 1. The average Bonchev–Trinajstić information content (AvgIpc) is 2.04. The van der Waals surface area contributed by atoms with Crippen LogP contribution in [0.15, 0.2) is 12.1 Å². The fourth-order valence-corrected chi connectivity index (χ4v) is 0.774. The molecule has 0 aliphatic carbocycles. The lowest BCUT2D eigenvalue weighted by atomic mass is 10.2. The molecule has 0 atom stereocenters. The molecule has 0 saturated heterocycles. The van der Waals surface area contributed by atoms with E-state index in [-0.39, 0.29) is 0 Å². The highest BCUT2D eigenvalue weighted by molar-refractivity contribution is 5.60. The van der Waals surface area contributed by atoms with Gasteiger partial charge < -0.3 is 10.5 Å². The van der Waals surface area contributed by atoms with E-state index in [1.807, 2.05) is 6.07 Å². The lowest BCUT2D eigenvalue weighted by Gasteiger charge is -2.02. The second kappa shape index (κ2) is 2.93. The molecule has 55 valence electrons. The van der Waals surface area contributed by atoms with Gasteiger partial charge in [-0.3, -0.25) is 0 Å². The third kappa shape index (κ3) is 1.24. The minimum Gasteiger partial charge on any atom is -0.495 e. The Balaban J connectivity index is 3.27. The van der Waals surface area contributed by atoms with E-state index in [1.165, 1.54) is 7.11 Å². The largest absolute Gasteiger partial charge is 0.495 e. The maximum absolute atomic E-state index is 8.61. The lowest BCUT2D eigenvalue weighted by Crippen LogP contribution is -1.93. The molecule has 0 heterocycles. The Kier molecular flexibility index (Phi) is 1.98. The number of anilines is 1. The van der Waals surface area contributed by atoms with Gasteiger partial charge in [0.2, 0.25) is 0 Å². The molecule has 3 heteroatoms. The number of ether oxygens (including phenoxy) is 1. The van der Waals surface area contributed by atoms with Crippen molar-refractivity contribution in [2.24, 2.45) is 0 Å². The molecule has 0 unspecified atom stereocenters. The number of nitriles is 1. The molecule has 0 fully saturated rings. The standard InChI is InChI=1S/C8H7N2O/c1-11-8-4-2-3-7(10)6(8)5-9/h3-4H,10H2,1H3. The van der Waals surface area contributed by atoms with Crippen LogP contribution in [-0.2, 0) is 0 Å². The topological polar surface area (TPSA) is 59.0 Å². The fraction of sp³-hybridized carbons (Fsp3) is 0.125. The molecule has 1 aromatic rings. The first-order valence-corrected chi connectivity index (χ1v) is 3.03. The summed E-state index contributed by atoms with van der Waals surface area (Å²) in [6.45, 7) is 0. The third-order valence-corrected chi connectivity index (χ3v) is 1.32. The summed E-state index contributed by atoms with van der Waals surface area (Å²) < 4.78 is 4.88. The van der Waals surface area contributed by atoms with Crippen molar-refractivity contribution in [1.82, 2.24) is 0 Å². The van der Waals surface area contributed by atoms with Crippen molar-refractivity contribution < 1.29 is 4.74 Å². The fourth-order valence-electron chi connectivity index (χ4n) is 0.774. The Bertz CT molecular complexity index is 301. The van der Waals surface area contributed by atoms with Gasteiger partial charge in [-0.05, 0) is 18.2 Å². The normalized spacial score (nSPS) is 8.73.